The molecule has 1 spiro atoms. The first kappa shape index (κ1) is 27.3. The molecule has 41 heavy (non-hydrogen) atoms. The second kappa shape index (κ2) is 10.2. The topological polar surface area (TPSA) is 135 Å². The summed E-state index contributed by atoms with van der Waals surface area (Å²) in [6.45, 7) is 4.64. The van der Waals surface area contributed by atoms with Gasteiger partial charge >= 0.3 is 17.9 Å². The number of rotatable bonds is 6. The molecule has 1 aromatic carbocycles. The first-order chi connectivity index (χ1) is 19.5. The van der Waals surface area contributed by atoms with Crippen LogP contribution in [0, 0.1) is 5.82 Å². The number of carbonyl (C=O) groups is 3. The van der Waals surface area contributed by atoms with Gasteiger partial charge in [0.05, 0.1) is 11.6 Å². The number of nitrogens with zero attached hydrogens (tertiary/aromatic N) is 5. The van der Waals surface area contributed by atoms with Gasteiger partial charge in [-0.1, -0.05) is 6.07 Å². The summed E-state index contributed by atoms with van der Waals surface area (Å²) in [5.74, 6) is -1.54. The molecule has 0 bridgehead atoms. The van der Waals surface area contributed by atoms with Crippen molar-refractivity contribution in [1.29, 1.82) is 0 Å². The van der Waals surface area contributed by atoms with Crippen LogP contribution in [-0.4, -0.2) is 75.7 Å². The van der Waals surface area contributed by atoms with E-state index >= 15 is 0 Å². The van der Waals surface area contributed by atoms with Gasteiger partial charge in [0.25, 0.3) is 0 Å². The van der Waals surface area contributed by atoms with Crippen LogP contribution >= 0.6 is 11.6 Å². The molecule has 4 atom stereocenters. The van der Waals surface area contributed by atoms with Crippen LogP contribution in [0.5, 0.6) is 0 Å². The second-order valence-corrected chi connectivity index (χ2v) is 10.9. The van der Waals surface area contributed by atoms with Crippen LogP contribution < -0.4 is 4.90 Å². The molecular weight excluding hydrogens is 561 g/mol. The smallest absolute Gasteiger partial charge is 0.303 e. The molecule has 2 saturated heterocycles. The van der Waals surface area contributed by atoms with Crippen LogP contribution in [-0.2, 0) is 45.2 Å². The van der Waals surface area contributed by atoms with Crippen LogP contribution in [0.1, 0.15) is 44.5 Å². The standard InChI is InChI=1S/C27H27ClFN5O7/c1-13(35)38-10-20-21(39-14(2)36)22(40-15(3)37)25(41-20)34-24-18(9-30-34)23(31-26(28)32-24)33-11-27(12-33)7-6-16-4-5-17(29)8-19(16)27/h4-5,8-9,20-22,25H,6-7,10-12H2,1-3H3/t20-,21-,22-,25-/m1/s1. The number of halogens is 2. The Bertz CT molecular complexity index is 1560. The highest BCUT2D eigenvalue weighted by molar-refractivity contribution is 6.28. The van der Waals surface area contributed by atoms with E-state index in [-0.39, 0.29) is 23.1 Å². The minimum absolute atomic E-state index is 0.0388. The average molecular weight is 588 g/mol. The summed E-state index contributed by atoms with van der Waals surface area (Å²) in [5, 5.41) is 5.00. The van der Waals surface area contributed by atoms with Crippen molar-refractivity contribution in [1.82, 2.24) is 19.7 Å². The van der Waals surface area contributed by atoms with Crippen molar-refractivity contribution in [3.8, 4) is 0 Å². The Morgan fingerprint density at radius 1 is 1.10 bits per heavy atom. The van der Waals surface area contributed by atoms with Gasteiger partial charge in [-0.15, -0.1) is 0 Å². The number of benzene rings is 1. The predicted molar refractivity (Wildman–Crippen MR) is 141 cm³/mol. The molecule has 12 nitrogen and oxygen atoms in total. The molecule has 0 radical (unpaired) electrons. The Labute approximate surface area is 238 Å². The number of hydrogen-bond acceptors (Lipinski definition) is 11. The number of esters is 3. The first-order valence-electron chi connectivity index (χ1n) is 13.1. The van der Waals surface area contributed by atoms with Crippen molar-refractivity contribution >= 4 is 46.4 Å². The highest BCUT2D eigenvalue weighted by Gasteiger charge is 2.52. The fourth-order valence-corrected chi connectivity index (χ4v) is 6.29. The molecule has 3 aliphatic rings. The third-order valence-corrected chi connectivity index (χ3v) is 7.96. The van der Waals surface area contributed by atoms with Crippen LogP contribution in [0.3, 0.4) is 0 Å². The normalized spacial score (nSPS) is 24.3. The number of ether oxygens (including phenoxy) is 4. The van der Waals surface area contributed by atoms with Gasteiger partial charge in [0.1, 0.15) is 24.3 Å². The Morgan fingerprint density at radius 2 is 1.83 bits per heavy atom. The van der Waals surface area contributed by atoms with E-state index in [2.05, 4.69) is 15.1 Å². The van der Waals surface area contributed by atoms with Gasteiger partial charge < -0.3 is 23.8 Å². The van der Waals surface area contributed by atoms with Gasteiger partial charge in [0.2, 0.25) is 5.28 Å². The highest BCUT2D eigenvalue weighted by Crippen LogP contribution is 2.48. The lowest BCUT2D eigenvalue weighted by atomic mass is 9.74. The second-order valence-electron chi connectivity index (χ2n) is 10.6. The largest absolute Gasteiger partial charge is 0.463 e. The van der Waals surface area contributed by atoms with Gasteiger partial charge in [0, 0.05) is 39.3 Å². The Balaban J connectivity index is 1.33. The zero-order chi connectivity index (χ0) is 29.1. The van der Waals surface area contributed by atoms with Crippen molar-refractivity contribution in [3.05, 3.63) is 46.6 Å². The van der Waals surface area contributed by atoms with Gasteiger partial charge in [-0.05, 0) is 47.7 Å². The van der Waals surface area contributed by atoms with Crippen molar-refractivity contribution in [2.75, 3.05) is 24.6 Å². The van der Waals surface area contributed by atoms with Gasteiger partial charge in [-0.25, -0.2) is 9.07 Å². The summed E-state index contributed by atoms with van der Waals surface area (Å²) < 4.78 is 37.7. The van der Waals surface area contributed by atoms with Crippen LogP contribution in [0.4, 0.5) is 10.2 Å². The summed E-state index contributed by atoms with van der Waals surface area (Å²) >= 11 is 6.38. The van der Waals surface area contributed by atoms with E-state index in [1.54, 1.807) is 12.3 Å². The zero-order valence-electron chi connectivity index (χ0n) is 22.5. The molecule has 0 amide bonds. The maximum Gasteiger partial charge on any atom is 0.303 e. The highest BCUT2D eigenvalue weighted by atomic mass is 35.5. The summed E-state index contributed by atoms with van der Waals surface area (Å²) in [6, 6.07) is 4.97. The molecule has 3 aromatic rings. The molecule has 1 aliphatic carbocycles. The van der Waals surface area contributed by atoms with E-state index in [1.807, 2.05) is 11.0 Å². The fraction of sp³-hybridized carbons (Fsp3) is 0.481. The molecule has 0 N–H and O–H groups in total. The Kier molecular flexibility index (Phi) is 6.81. The van der Waals surface area contributed by atoms with E-state index in [9.17, 15) is 18.8 Å². The summed E-state index contributed by atoms with van der Waals surface area (Å²) in [4.78, 5) is 46.3. The average Bonchev–Trinajstić information content (AvgIpc) is 3.55. The summed E-state index contributed by atoms with van der Waals surface area (Å²) in [6.07, 6.45) is -0.911. The minimum atomic E-state index is -1.13. The number of fused-ring (bicyclic) bond motifs is 3. The molecule has 0 unspecified atom stereocenters. The Morgan fingerprint density at radius 3 is 2.54 bits per heavy atom. The fourth-order valence-electron chi connectivity index (χ4n) is 6.13. The monoisotopic (exact) mass is 587 g/mol. The van der Waals surface area contributed by atoms with E-state index in [0.29, 0.717) is 29.9 Å². The van der Waals surface area contributed by atoms with Gasteiger partial charge in [-0.2, -0.15) is 15.1 Å². The van der Waals surface area contributed by atoms with E-state index in [0.717, 1.165) is 24.0 Å². The Hall–Kier alpha value is -3.84. The third-order valence-electron chi connectivity index (χ3n) is 7.79. The van der Waals surface area contributed by atoms with Crippen LogP contribution in [0.2, 0.25) is 5.28 Å². The lowest BCUT2D eigenvalue weighted by molar-refractivity contribution is -0.166. The van der Waals surface area contributed by atoms with E-state index in [1.165, 1.54) is 31.5 Å². The molecule has 4 heterocycles. The number of aromatic nitrogens is 4. The molecule has 6 rings (SSSR count). The number of anilines is 1. The first-order valence-corrected chi connectivity index (χ1v) is 13.5. The SMILES string of the molecule is CC(=O)OC[C@H]1O[C@@H](n2ncc3c(N4CC5(CCc6ccc(F)cc65)C4)nc(Cl)nc32)[C@H](OC(C)=O)[C@@H]1OC(C)=O. The summed E-state index contributed by atoms with van der Waals surface area (Å²) in [5.41, 5.74) is 2.31. The van der Waals surface area contributed by atoms with Crippen LogP contribution in [0.25, 0.3) is 11.0 Å². The molecule has 2 aromatic heterocycles. The maximum absolute atomic E-state index is 14.1. The van der Waals surface area contributed by atoms with Crippen molar-refractivity contribution in [3.63, 3.8) is 0 Å². The zero-order valence-corrected chi connectivity index (χ0v) is 23.3. The quantitative estimate of drug-likeness (QED) is 0.239. The molecular formula is C27H27ClFN5O7. The lowest BCUT2D eigenvalue weighted by Crippen LogP contribution is -2.58. The molecule has 2 aliphatic heterocycles. The van der Waals surface area contributed by atoms with Crippen molar-refractivity contribution < 1.29 is 37.7 Å². The van der Waals surface area contributed by atoms with Gasteiger partial charge in [0.15, 0.2) is 24.1 Å². The third kappa shape index (κ3) is 4.86. The molecule has 216 valence electrons. The lowest BCUT2D eigenvalue weighted by Gasteiger charge is -2.49. The number of hydrogen-bond donors (Lipinski definition) is 0. The van der Waals surface area contributed by atoms with Crippen molar-refractivity contribution in [2.45, 2.75) is 63.6 Å². The number of aryl methyl sites for hydroxylation is 1. The van der Waals surface area contributed by atoms with Gasteiger partial charge in [-0.3, -0.25) is 14.4 Å². The minimum Gasteiger partial charge on any atom is -0.463 e. The van der Waals surface area contributed by atoms with Crippen LogP contribution in [0.15, 0.2) is 24.4 Å². The van der Waals surface area contributed by atoms with E-state index in [4.69, 9.17) is 30.5 Å². The van der Waals surface area contributed by atoms with E-state index < -0.39 is 42.4 Å². The molecule has 14 heteroatoms. The van der Waals surface area contributed by atoms with Crippen molar-refractivity contribution in [2.24, 2.45) is 0 Å². The predicted octanol–water partition coefficient (Wildman–Crippen LogP) is 2.65. The number of carbonyl (C=O) groups excluding carboxylic acids is 3. The maximum atomic E-state index is 14.1. The molecule has 2 fully saturated rings. The summed E-state index contributed by atoms with van der Waals surface area (Å²) in [7, 11) is 0. The molecule has 0 saturated carbocycles.